The summed E-state index contributed by atoms with van der Waals surface area (Å²) in [4.78, 5) is 10.2. The Labute approximate surface area is 125 Å². The Balaban J connectivity index is -0.000000218. The maximum Gasteiger partial charge on any atom is 0.222 e. The van der Waals surface area contributed by atoms with E-state index in [-0.39, 0.29) is 22.3 Å². The molecule has 0 spiro atoms. The van der Waals surface area contributed by atoms with Crippen LogP contribution in [0, 0.1) is 22.2 Å². The highest BCUT2D eigenvalue weighted by Crippen LogP contribution is 2.10. The summed E-state index contributed by atoms with van der Waals surface area (Å²) in [5.74, 6) is -0.257. The van der Waals surface area contributed by atoms with Crippen LogP contribution in [-0.2, 0) is 9.53 Å². The molecule has 0 saturated carbocycles. The smallest absolute Gasteiger partial charge is 0.222 e. The van der Waals surface area contributed by atoms with E-state index in [0.717, 1.165) is 6.61 Å². The molecule has 1 amide bonds. The van der Waals surface area contributed by atoms with Gasteiger partial charge in [-0.15, -0.1) is 0 Å². The van der Waals surface area contributed by atoms with Crippen LogP contribution >= 0.6 is 0 Å². The molecule has 0 aromatic carbocycles. The van der Waals surface area contributed by atoms with E-state index in [9.17, 15) is 4.79 Å². The molecule has 2 N–H and O–H groups in total. The van der Waals surface area contributed by atoms with Crippen LogP contribution in [0.2, 0.25) is 0 Å². The molecule has 0 aromatic heterocycles. The second-order valence-electron chi connectivity index (χ2n) is 7.52. The summed E-state index contributed by atoms with van der Waals surface area (Å²) in [7, 11) is 0. The first-order valence-corrected chi connectivity index (χ1v) is 6.92. The molecule has 120 valence electrons. The van der Waals surface area contributed by atoms with Gasteiger partial charge in [-0.2, -0.15) is 5.26 Å². The standard InChI is InChI=1S/C6H14O.C5H11NO.C5H9N/c1-5-7-6(2,3)4;1-5(2,3)4(6)7;1-5(2,3)4-6/h5H2,1-4H3;1-3H3,(H2,6,7);1-3H3. The molecule has 0 aromatic rings. The molecule has 0 rings (SSSR count). The van der Waals surface area contributed by atoms with E-state index in [1.54, 1.807) is 20.8 Å². The summed E-state index contributed by atoms with van der Waals surface area (Å²) < 4.78 is 5.23. The first-order valence-electron chi connectivity index (χ1n) is 6.92. The average molecular weight is 286 g/mol. The molecule has 0 fully saturated rings. The third-order valence-electron chi connectivity index (χ3n) is 1.65. The number of nitrogens with zero attached hydrogens (tertiary/aromatic N) is 1. The van der Waals surface area contributed by atoms with Gasteiger partial charge >= 0.3 is 0 Å². The van der Waals surface area contributed by atoms with Crippen molar-refractivity contribution in [3.63, 3.8) is 0 Å². The van der Waals surface area contributed by atoms with Crippen LogP contribution in [0.3, 0.4) is 0 Å². The zero-order valence-corrected chi connectivity index (χ0v) is 15.0. The van der Waals surface area contributed by atoms with Gasteiger partial charge in [0.2, 0.25) is 5.91 Å². The lowest BCUT2D eigenvalue weighted by atomic mass is 9.96. The lowest BCUT2D eigenvalue weighted by Crippen LogP contribution is -2.27. The number of carbonyl (C=O) groups excluding carboxylic acids is 1. The van der Waals surface area contributed by atoms with Crippen LogP contribution < -0.4 is 5.73 Å². The number of amides is 1. The van der Waals surface area contributed by atoms with Gasteiger partial charge in [0.05, 0.1) is 11.7 Å². The zero-order chi connectivity index (χ0) is 17.2. The number of carbonyl (C=O) groups is 1. The van der Waals surface area contributed by atoms with Crippen molar-refractivity contribution in [3.05, 3.63) is 0 Å². The van der Waals surface area contributed by atoms with Crippen molar-refractivity contribution in [2.75, 3.05) is 6.61 Å². The molecule has 0 aliphatic rings. The first-order chi connectivity index (χ1) is 8.56. The Kier molecular flexibility index (Phi) is 11.7. The number of nitrogens with two attached hydrogens (primary N) is 1. The number of ether oxygens (including phenoxy) is 1. The van der Waals surface area contributed by atoms with Gasteiger partial charge in [-0.05, 0) is 48.5 Å². The van der Waals surface area contributed by atoms with Crippen molar-refractivity contribution in [1.82, 2.24) is 0 Å². The van der Waals surface area contributed by atoms with Gasteiger partial charge in [-0.3, -0.25) is 4.79 Å². The Morgan fingerprint density at radius 1 is 1.05 bits per heavy atom. The minimum atomic E-state index is -0.361. The van der Waals surface area contributed by atoms with Gasteiger partial charge < -0.3 is 10.5 Å². The third kappa shape index (κ3) is 30.2. The third-order valence-corrected chi connectivity index (χ3v) is 1.65. The number of hydrogen-bond acceptors (Lipinski definition) is 3. The van der Waals surface area contributed by atoms with Crippen LogP contribution in [-0.4, -0.2) is 18.1 Å². The van der Waals surface area contributed by atoms with Gasteiger partial charge in [-0.25, -0.2) is 0 Å². The van der Waals surface area contributed by atoms with Gasteiger partial charge in [0.25, 0.3) is 0 Å². The lowest BCUT2D eigenvalue weighted by molar-refractivity contribution is -0.125. The molecule has 0 saturated heterocycles. The first kappa shape index (κ1) is 24.0. The molecular formula is C16H34N2O2. The Morgan fingerprint density at radius 2 is 1.30 bits per heavy atom. The molecule has 0 unspecified atom stereocenters. The topological polar surface area (TPSA) is 76.1 Å². The number of primary amides is 1. The summed E-state index contributed by atoms with van der Waals surface area (Å²) in [5.41, 5.74) is 4.47. The van der Waals surface area contributed by atoms with Crippen molar-refractivity contribution < 1.29 is 9.53 Å². The minimum Gasteiger partial charge on any atom is -0.376 e. The number of hydrogen-bond donors (Lipinski definition) is 1. The molecule has 20 heavy (non-hydrogen) atoms. The molecular weight excluding hydrogens is 252 g/mol. The summed E-state index contributed by atoms with van der Waals surface area (Å²) >= 11 is 0. The largest absolute Gasteiger partial charge is 0.376 e. The van der Waals surface area contributed by atoms with Gasteiger partial charge in [0.15, 0.2) is 0 Å². The highest BCUT2D eigenvalue weighted by atomic mass is 16.5. The average Bonchev–Trinajstić information content (AvgIpc) is 2.14. The highest BCUT2D eigenvalue weighted by Gasteiger charge is 2.16. The van der Waals surface area contributed by atoms with Crippen LogP contribution in [0.25, 0.3) is 0 Å². The molecule has 0 aliphatic heterocycles. The second-order valence-corrected chi connectivity index (χ2v) is 7.52. The fourth-order valence-electron chi connectivity index (χ4n) is 0.433. The normalized spacial score (nSPS) is 11.2. The summed E-state index contributed by atoms with van der Waals surface area (Å²) in [6, 6.07) is 2.10. The molecule has 4 nitrogen and oxygen atoms in total. The maximum absolute atomic E-state index is 10.2. The predicted octanol–water partition coefficient (Wildman–Crippen LogP) is 3.90. The van der Waals surface area contributed by atoms with Crippen LogP contribution in [0.15, 0.2) is 0 Å². The minimum absolute atomic E-state index is 0.0503. The molecule has 4 heteroatoms. The predicted molar refractivity (Wildman–Crippen MR) is 85.1 cm³/mol. The van der Waals surface area contributed by atoms with E-state index >= 15 is 0 Å². The van der Waals surface area contributed by atoms with Gasteiger partial charge in [0, 0.05) is 17.4 Å². The van der Waals surface area contributed by atoms with E-state index in [1.807, 2.05) is 27.7 Å². The second kappa shape index (κ2) is 9.77. The van der Waals surface area contributed by atoms with Gasteiger partial charge in [0.1, 0.15) is 0 Å². The molecule has 0 bridgehead atoms. The van der Waals surface area contributed by atoms with Crippen LogP contribution in [0.4, 0.5) is 0 Å². The fraction of sp³-hybridized carbons (Fsp3) is 0.875. The van der Waals surface area contributed by atoms with E-state index in [4.69, 9.17) is 15.7 Å². The van der Waals surface area contributed by atoms with Crippen LogP contribution in [0.1, 0.15) is 69.2 Å². The zero-order valence-electron chi connectivity index (χ0n) is 15.0. The maximum atomic E-state index is 10.2. The van der Waals surface area contributed by atoms with E-state index in [2.05, 4.69) is 26.8 Å². The van der Waals surface area contributed by atoms with E-state index < -0.39 is 0 Å². The molecule has 0 heterocycles. The van der Waals surface area contributed by atoms with Crippen molar-refractivity contribution >= 4 is 5.91 Å². The number of rotatable bonds is 1. The van der Waals surface area contributed by atoms with Crippen molar-refractivity contribution in [2.24, 2.45) is 16.6 Å². The number of nitriles is 1. The van der Waals surface area contributed by atoms with Crippen molar-refractivity contribution in [2.45, 2.75) is 74.8 Å². The van der Waals surface area contributed by atoms with Crippen molar-refractivity contribution in [3.8, 4) is 6.07 Å². The van der Waals surface area contributed by atoms with E-state index in [0.29, 0.717) is 0 Å². The SMILES string of the molecule is CC(C)(C)C#N.CC(C)(C)C(N)=O.CCOC(C)(C)C. The van der Waals surface area contributed by atoms with Crippen LogP contribution in [0.5, 0.6) is 0 Å². The summed E-state index contributed by atoms with van der Waals surface area (Å²) in [6.45, 7) is 20.0. The Bertz CT molecular complexity index is 296. The van der Waals surface area contributed by atoms with Crippen molar-refractivity contribution in [1.29, 1.82) is 5.26 Å². The van der Waals surface area contributed by atoms with Gasteiger partial charge in [-0.1, -0.05) is 20.8 Å². The Hall–Kier alpha value is -1.08. The highest BCUT2D eigenvalue weighted by molar-refractivity contribution is 5.79. The summed E-state index contributed by atoms with van der Waals surface area (Å²) in [6.07, 6.45) is 0. The molecule has 0 aliphatic carbocycles. The fourth-order valence-corrected chi connectivity index (χ4v) is 0.433. The van der Waals surface area contributed by atoms with E-state index in [1.165, 1.54) is 0 Å². The molecule has 0 atom stereocenters. The Morgan fingerprint density at radius 3 is 1.30 bits per heavy atom. The molecule has 0 radical (unpaired) electrons. The lowest BCUT2D eigenvalue weighted by Gasteiger charge is -2.17. The monoisotopic (exact) mass is 286 g/mol. The quantitative estimate of drug-likeness (QED) is 0.794. The summed E-state index contributed by atoms with van der Waals surface area (Å²) in [5, 5.41) is 8.15.